The Morgan fingerprint density at radius 3 is 2.46 bits per heavy atom. The number of hydrogen-bond acceptors (Lipinski definition) is 4. The lowest BCUT2D eigenvalue weighted by Gasteiger charge is -2.23. The molecule has 1 amide bonds. The second-order valence-corrected chi connectivity index (χ2v) is 8.84. The second kappa shape index (κ2) is 8.45. The number of benzene rings is 1. The fraction of sp³-hybridized carbons (Fsp3) is 0.400. The zero-order valence-electron chi connectivity index (χ0n) is 14.7. The number of nitrogens with one attached hydrogen (secondary N) is 1. The predicted octanol–water partition coefficient (Wildman–Crippen LogP) is 3.29. The Morgan fingerprint density at radius 1 is 1.08 bits per heavy atom. The lowest BCUT2D eigenvalue weighted by molar-refractivity contribution is -0.125. The highest BCUT2D eigenvalue weighted by atomic mass is 32.2. The molecule has 1 fully saturated rings. The van der Waals surface area contributed by atoms with Gasteiger partial charge in [-0.3, -0.25) is 9.78 Å². The first-order chi connectivity index (χ1) is 12.6. The molecule has 3 rings (SSSR count). The van der Waals surface area contributed by atoms with E-state index in [0.717, 1.165) is 25.7 Å². The zero-order valence-corrected chi connectivity index (χ0v) is 15.5. The van der Waals surface area contributed by atoms with Crippen LogP contribution in [0.3, 0.4) is 0 Å². The van der Waals surface area contributed by atoms with Crippen molar-refractivity contribution in [2.24, 2.45) is 5.92 Å². The third kappa shape index (κ3) is 4.30. The molecule has 0 unspecified atom stereocenters. The first-order valence-corrected chi connectivity index (χ1v) is 10.6. The van der Waals surface area contributed by atoms with Crippen molar-refractivity contribution in [1.82, 2.24) is 10.3 Å². The minimum absolute atomic E-state index is 0.00210. The predicted molar refractivity (Wildman–Crippen MR) is 100 cm³/mol. The van der Waals surface area contributed by atoms with Crippen LogP contribution in [0.5, 0.6) is 0 Å². The lowest BCUT2D eigenvalue weighted by atomic mass is 9.88. The fourth-order valence-electron chi connectivity index (χ4n) is 3.45. The summed E-state index contributed by atoms with van der Waals surface area (Å²) in [5.74, 6) is -0.0421. The minimum Gasteiger partial charge on any atom is -0.354 e. The van der Waals surface area contributed by atoms with Crippen molar-refractivity contribution in [3.8, 4) is 0 Å². The highest BCUT2D eigenvalue weighted by molar-refractivity contribution is 7.91. The van der Waals surface area contributed by atoms with Crippen LogP contribution in [0.4, 0.5) is 0 Å². The molecule has 0 bridgehead atoms. The summed E-state index contributed by atoms with van der Waals surface area (Å²) in [6, 6.07) is 11.8. The van der Waals surface area contributed by atoms with E-state index in [4.69, 9.17) is 0 Å². The average molecular weight is 372 g/mol. The van der Waals surface area contributed by atoms with Gasteiger partial charge in [0.2, 0.25) is 5.91 Å². The minimum atomic E-state index is -3.64. The van der Waals surface area contributed by atoms with E-state index >= 15 is 0 Å². The van der Waals surface area contributed by atoms with Gasteiger partial charge in [-0.15, -0.1) is 0 Å². The average Bonchev–Trinajstić information content (AvgIpc) is 2.70. The Kier molecular flexibility index (Phi) is 6.04. The summed E-state index contributed by atoms with van der Waals surface area (Å²) >= 11 is 0. The third-order valence-electron chi connectivity index (χ3n) is 4.94. The SMILES string of the molecule is O=C(NC[C@@H](c1cccnc1)S(=O)(=O)c1ccccc1)C1CCCCC1. The molecular weight excluding hydrogens is 348 g/mol. The van der Waals surface area contributed by atoms with Crippen molar-refractivity contribution < 1.29 is 13.2 Å². The van der Waals surface area contributed by atoms with Crippen molar-refractivity contribution in [3.05, 3.63) is 60.4 Å². The number of hydrogen-bond donors (Lipinski definition) is 1. The summed E-state index contributed by atoms with van der Waals surface area (Å²) in [5, 5.41) is 2.03. The molecule has 0 saturated heterocycles. The number of nitrogens with zero attached hydrogens (tertiary/aromatic N) is 1. The van der Waals surface area contributed by atoms with Crippen molar-refractivity contribution >= 4 is 15.7 Å². The summed E-state index contributed by atoms with van der Waals surface area (Å²) in [6.07, 6.45) is 8.22. The normalized spacial score (nSPS) is 16.8. The lowest BCUT2D eigenvalue weighted by Crippen LogP contribution is -2.36. The molecule has 1 aliphatic rings. The summed E-state index contributed by atoms with van der Waals surface area (Å²) in [4.78, 5) is 16.8. The molecule has 1 aliphatic carbocycles. The number of carbonyl (C=O) groups is 1. The monoisotopic (exact) mass is 372 g/mol. The van der Waals surface area contributed by atoms with Crippen LogP contribution in [0.25, 0.3) is 0 Å². The third-order valence-corrected chi connectivity index (χ3v) is 7.06. The van der Waals surface area contributed by atoms with Gasteiger partial charge in [-0.2, -0.15) is 0 Å². The van der Waals surface area contributed by atoms with Crippen molar-refractivity contribution in [1.29, 1.82) is 0 Å². The highest BCUT2D eigenvalue weighted by Crippen LogP contribution is 2.29. The summed E-state index contributed by atoms with van der Waals surface area (Å²) in [7, 11) is -3.64. The number of aromatic nitrogens is 1. The Morgan fingerprint density at radius 2 is 1.81 bits per heavy atom. The molecule has 26 heavy (non-hydrogen) atoms. The molecule has 0 spiro atoms. The molecule has 2 aromatic rings. The van der Waals surface area contributed by atoms with E-state index in [0.29, 0.717) is 5.56 Å². The van der Waals surface area contributed by atoms with Crippen LogP contribution >= 0.6 is 0 Å². The highest BCUT2D eigenvalue weighted by Gasteiger charge is 2.31. The molecule has 1 N–H and O–H groups in total. The second-order valence-electron chi connectivity index (χ2n) is 6.71. The fourth-order valence-corrected chi connectivity index (χ4v) is 5.12. The van der Waals surface area contributed by atoms with E-state index in [2.05, 4.69) is 10.3 Å². The topological polar surface area (TPSA) is 76.1 Å². The van der Waals surface area contributed by atoms with Crippen LogP contribution in [-0.4, -0.2) is 25.9 Å². The van der Waals surface area contributed by atoms with Gasteiger partial charge in [-0.25, -0.2) is 8.42 Å². The number of sulfone groups is 1. The molecule has 1 heterocycles. The Balaban J connectivity index is 1.81. The number of pyridine rings is 1. The Bertz CT molecular complexity index is 817. The van der Waals surface area contributed by atoms with Gasteiger partial charge in [0.05, 0.1) is 4.90 Å². The maximum Gasteiger partial charge on any atom is 0.223 e. The van der Waals surface area contributed by atoms with Gasteiger partial charge in [0.15, 0.2) is 9.84 Å². The molecule has 0 aliphatic heterocycles. The smallest absolute Gasteiger partial charge is 0.223 e. The molecule has 1 aromatic carbocycles. The van der Waals surface area contributed by atoms with Gasteiger partial charge in [0, 0.05) is 24.9 Å². The zero-order chi connectivity index (χ0) is 18.4. The van der Waals surface area contributed by atoms with E-state index in [-0.39, 0.29) is 23.3 Å². The summed E-state index contributed by atoms with van der Waals surface area (Å²) in [5.41, 5.74) is 0.584. The van der Waals surface area contributed by atoms with Crippen molar-refractivity contribution in [2.45, 2.75) is 42.2 Å². The van der Waals surface area contributed by atoms with Gasteiger partial charge < -0.3 is 5.32 Å². The van der Waals surface area contributed by atoms with Crippen LogP contribution in [0, 0.1) is 5.92 Å². The maximum absolute atomic E-state index is 13.1. The largest absolute Gasteiger partial charge is 0.354 e. The van der Waals surface area contributed by atoms with Gasteiger partial charge in [-0.05, 0) is 36.6 Å². The van der Waals surface area contributed by atoms with Crippen LogP contribution in [0.15, 0.2) is 59.8 Å². The van der Waals surface area contributed by atoms with Gasteiger partial charge in [0.25, 0.3) is 0 Å². The molecule has 138 valence electrons. The summed E-state index contributed by atoms with van der Waals surface area (Å²) < 4.78 is 26.3. The van der Waals surface area contributed by atoms with Crippen LogP contribution in [0.1, 0.15) is 42.9 Å². The molecule has 1 aromatic heterocycles. The van der Waals surface area contributed by atoms with Crippen molar-refractivity contribution in [2.75, 3.05) is 6.54 Å². The Labute approximate surface area is 154 Å². The molecule has 1 saturated carbocycles. The van der Waals surface area contributed by atoms with Crippen LogP contribution < -0.4 is 5.32 Å². The number of amides is 1. The van der Waals surface area contributed by atoms with E-state index < -0.39 is 15.1 Å². The first-order valence-electron chi connectivity index (χ1n) is 9.05. The Hall–Kier alpha value is -2.21. The molecule has 6 heteroatoms. The quantitative estimate of drug-likeness (QED) is 0.844. The van der Waals surface area contributed by atoms with Crippen LogP contribution in [0.2, 0.25) is 0 Å². The number of carbonyl (C=O) groups excluding carboxylic acids is 1. The van der Waals surface area contributed by atoms with Gasteiger partial charge >= 0.3 is 0 Å². The van der Waals surface area contributed by atoms with E-state index in [1.807, 2.05) is 0 Å². The molecule has 1 atom stereocenters. The molecular formula is C20H24N2O3S. The van der Waals surface area contributed by atoms with Crippen molar-refractivity contribution in [3.63, 3.8) is 0 Å². The standard InChI is InChI=1S/C20H24N2O3S/c23-20(16-8-3-1-4-9-16)22-15-19(17-10-7-13-21-14-17)26(24,25)18-11-5-2-6-12-18/h2,5-7,10-14,16,19H,1,3-4,8-9,15H2,(H,22,23)/t19-/m0/s1. The van der Waals surface area contributed by atoms with Gasteiger partial charge in [0.1, 0.15) is 5.25 Å². The van der Waals surface area contributed by atoms with Crippen LogP contribution in [-0.2, 0) is 14.6 Å². The van der Waals surface area contributed by atoms with Gasteiger partial charge in [-0.1, -0.05) is 43.5 Å². The molecule has 5 nitrogen and oxygen atoms in total. The van der Waals surface area contributed by atoms with E-state index in [1.54, 1.807) is 54.9 Å². The first kappa shape index (κ1) is 18.6. The number of rotatable bonds is 6. The van der Waals surface area contributed by atoms with E-state index in [1.165, 1.54) is 6.42 Å². The summed E-state index contributed by atoms with van der Waals surface area (Å²) in [6.45, 7) is 0.0538. The molecule has 0 radical (unpaired) electrons. The van der Waals surface area contributed by atoms with E-state index in [9.17, 15) is 13.2 Å². The maximum atomic E-state index is 13.1.